The Hall–Kier alpha value is -0.780. The smallest absolute Gasteiger partial charge is 0.0131 e. The Morgan fingerprint density at radius 2 is 1.65 bits per heavy atom. The lowest BCUT2D eigenvalue weighted by atomic mass is 9.88. The first kappa shape index (κ1) is 12.7. The van der Waals surface area contributed by atoms with Gasteiger partial charge in [-0.05, 0) is 71.1 Å². The largest absolute Gasteiger partial charge is 0.0824 e. The van der Waals surface area contributed by atoms with E-state index >= 15 is 0 Å². The normalized spacial score (nSPS) is 35.2. The van der Waals surface area contributed by atoms with Crippen molar-refractivity contribution >= 4 is 0 Å². The van der Waals surface area contributed by atoms with Crippen LogP contribution in [0.2, 0.25) is 0 Å². The summed E-state index contributed by atoms with van der Waals surface area (Å²) in [6.45, 7) is 11.2. The van der Waals surface area contributed by atoms with Crippen molar-refractivity contribution in [3.05, 3.63) is 34.9 Å². The highest BCUT2D eigenvalue weighted by atomic mass is 14.5. The molecule has 1 saturated carbocycles. The molecule has 2 rings (SSSR count). The maximum Gasteiger partial charge on any atom is -0.0131 e. The Kier molecular flexibility index (Phi) is 3.61. The van der Waals surface area contributed by atoms with Crippen molar-refractivity contribution in [1.82, 2.24) is 0 Å². The molecule has 4 unspecified atom stereocenters. The van der Waals surface area contributed by atoms with Crippen molar-refractivity contribution in [3.63, 3.8) is 0 Å². The van der Waals surface area contributed by atoms with E-state index in [4.69, 9.17) is 0 Å². The van der Waals surface area contributed by atoms with Gasteiger partial charge in [0, 0.05) is 0 Å². The summed E-state index contributed by atoms with van der Waals surface area (Å²) in [5.41, 5.74) is 4.57. The van der Waals surface area contributed by atoms with Crippen LogP contribution < -0.4 is 0 Å². The van der Waals surface area contributed by atoms with Gasteiger partial charge in [0.05, 0.1) is 0 Å². The second kappa shape index (κ2) is 4.84. The van der Waals surface area contributed by atoms with Crippen LogP contribution in [-0.4, -0.2) is 0 Å². The fourth-order valence-corrected chi connectivity index (χ4v) is 3.78. The zero-order valence-corrected chi connectivity index (χ0v) is 12.0. The van der Waals surface area contributed by atoms with Gasteiger partial charge in [0.1, 0.15) is 0 Å². The van der Waals surface area contributed by atoms with Gasteiger partial charge in [-0.25, -0.2) is 0 Å². The van der Waals surface area contributed by atoms with Gasteiger partial charge in [0.15, 0.2) is 0 Å². The third kappa shape index (κ3) is 2.73. The quantitative estimate of drug-likeness (QED) is 0.576. The Balaban J connectivity index is 2.22. The third-order valence-electron chi connectivity index (χ3n) is 4.21. The summed E-state index contributed by atoms with van der Waals surface area (Å²) in [6, 6.07) is 0. The molecule has 0 heteroatoms. The first-order valence-corrected chi connectivity index (χ1v) is 6.94. The van der Waals surface area contributed by atoms with Crippen molar-refractivity contribution in [2.45, 2.75) is 47.5 Å². The Morgan fingerprint density at radius 3 is 2.24 bits per heavy atom. The molecule has 0 spiro atoms. The molecule has 0 N–H and O–H groups in total. The van der Waals surface area contributed by atoms with Gasteiger partial charge in [-0.15, -0.1) is 0 Å². The Morgan fingerprint density at radius 1 is 1.06 bits per heavy atom. The molecule has 2 aliphatic carbocycles. The lowest BCUT2D eigenvalue weighted by Gasteiger charge is -2.16. The van der Waals surface area contributed by atoms with Crippen molar-refractivity contribution in [3.8, 4) is 0 Å². The van der Waals surface area contributed by atoms with Gasteiger partial charge in [-0.2, -0.15) is 0 Å². The highest BCUT2D eigenvalue weighted by molar-refractivity contribution is 5.22. The molecule has 0 radical (unpaired) electrons. The fourth-order valence-electron chi connectivity index (χ4n) is 3.78. The van der Waals surface area contributed by atoms with E-state index in [9.17, 15) is 0 Å². The first-order valence-electron chi connectivity index (χ1n) is 6.94. The van der Waals surface area contributed by atoms with Crippen molar-refractivity contribution in [2.75, 3.05) is 0 Å². The molecule has 0 heterocycles. The molecule has 94 valence electrons. The van der Waals surface area contributed by atoms with E-state index in [0.29, 0.717) is 0 Å². The van der Waals surface area contributed by atoms with E-state index in [-0.39, 0.29) is 0 Å². The van der Waals surface area contributed by atoms with Crippen LogP contribution in [0.4, 0.5) is 0 Å². The summed E-state index contributed by atoms with van der Waals surface area (Å²) in [5, 5.41) is 0. The molecule has 0 aliphatic heterocycles. The van der Waals surface area contributed by atoms with Gasteiger partial charge < -0.3 is 0 Å². The second-order valence-electron chi connectivity index (χ2n) is 6.51. The zero-order valence-electron chi connectivity index (χ0n) is 12.0. The van der Waals surface area contributed by atoms with Crippen LogP contribution in [0.5, 0.6) is 0 Å². The number of hydrogen-bond acceptors (Lipinski definition) is 0. The monoisotopic (exact) mass is 230 g/mol. The van der Waals surface area contributed by atoms with Crippen LogP contribution >= 0.6 is 0 Å². The first-order chi connectivity index (χ1) is 7.97. The van der Waals surface area contributed by atoms with Crippen LogP contribution in [0.25, 0.3) is 0 Å². The summed E-state index contributed by atoms with van der Waals surface area (Å²) in [7, 11) is 0. The average Bonchev–Trinajstić information content (AvgIpc) is 2.67. The van der Waals surface area contributed by atoms with Gasteiger partial charge in [0.2, 0.25) is 0 Å². The number of allylic oxidation sites excluding steroid dienone is 6. The molecule has 0 bridgehead atoms. The summed E-state index contributed by atoms with van der Waals surface area (Å²) in [5.74, 6) is 3.28. The van der Waals surface area contributed by atoms with E-state index in [2.05, 4.69) is 52.8 Å². The SMILES string of the molecule is CC(C)=CC1CC(C=C(C)C)C2CC(C)=CC12. The van der Waals surface area contributed by atoms with Gasteiger partial charge in [-0.1, -0.05) is 34.9 Å². The van der Waals surface area contributed by atoms with Crippen LogP contribution in [0.1, 0.15) is 47.5 Å². The minimum Gasteiger partial charge on any atom is -0.0824 e. The Labute approximate surface area is 106 Å². The fraction of sp³-hybridized carbons (Fsp3) is 0.647. The maximum absolute atomic E-state index is 2.55. The molecular weight excluding hydrogens is 204 g/mol. The molecule has 0 saturated heterocycles. The van der Waals surface area contributed by atoms with Gasteiger partial charge in [0.25, 0.3) is 0 Å². The molecule has 0 aromatic heterocycles. The summed E-state index contributed by atoms with van der Waals surface area (Å²) in [4.78, 5) is 0. The van der Waals surface area contributed by atoms with Gasteiger partial charge in [-0.3, -0.25) is 0 Å². The summed E-state index contributed by atoms with van der Waals surface area (Å²) >= 11 is 0. The van der Waals surface area contributed by atoms with E-state index in [1.165, 1.54) is 24.0 Å². The molecule has 0 aromatic carbocycles. The predicted octanol–water partition coefficient (Wildman–Crippen LogP) is 5.14. The van der Waals surface area contributed by atoms with Crippen LogP contribution in [0.15, 0.2) is 34.9 Å². The van der Waals surface area contributed by atoms with Crippen molar-refractivity contribution in [2.24, 2.45) is 23.7 Å². The average molecular weight is 230 g/mol. The molecule has 0 nitrogen and oxygen atoms in total. The number of hydrogen-bond donors (Lipinski definition) is 0. The van der Waals surface area contributed by atoms with Gasteiger partial charge >= 0.3 is 0 Å². The van der Waals surface area contributed by atoms with Crippen LogP contribution in [0.3, 0.4) is 0 Å². The van der Waals surface area contributed by atoms with E-state index in [0.717, 1.165) is 23.7 Å². The standard InChI is InChI=1S/C17H26/c1-11(2)6-14-10-15(7-12(3)4)17-9-13(5)8-16(14)17/h6-8,14-17H,9-10H2,1-5H3. The van der Waals surface area contributed by atoms with Crippen LogP contribution in [-0.2, 0) is 0 Å². The lowest BCUT2D eigenvalue weighted by molar-refractivity contribution is 0.409. The van der Waals surface area contributed by atoms with Crippen molar-refractivity contribution in [1.29, 1.82) is 0 Å². The number of fused-ring (bicyclic) bond motifs is 1. The summed E-state index contributed by atoms with van der Waals surface area (Å²) < 4.78 is 0. The lowest BCUT2D eigenvalue weighted by Crippen LogP contribution is -2.09. The number of rotatable bonds is 2. The topological polar surface area (TPSA) is 0 Å². The van der Waals surface area contributed by atoms with Crippen LogP contribution in [0, 0.1) is 23.7 Å². The molecule has 0 amide bonds. The molecule has 17 heavy (non-hydrogen) atoms. The molecule has 0 aromatic rings. The maximum atomic E-state index is 2.55. The molecule has 2 aliphatic rings. The second-order valence-corrected chi connectivity index (χ2v) is 6.51. The highest BCUT2D eigenvalue weighted by Crippen LogP contribution is 2.51. The van der Waals surface area contributed by atoms with E-state index in [1.54, 1.807) is 5.57 Å². The van der Waals surface area contributed by atoms with E-state index in [1.807, 2.05) is 0 Å². The molecular formula is C17H26. The van der Waals surface area contributed by atoms with E-state index < -0.39 is 0 Å². The van der Waals surface area contributed by atoms with Crippen molar-refractivity contribution < 1.29 is 0 Å². The summed E-state index contributed by atoms with van der Waals surface area (Å²) in [6.07, 6.45) is 10.3. The highest BCUT2D eigenvalue weighted by Gasteiger charge is 2.42. The zero-order chi connectivity index (χ0) is 12.6. The minimum absolute atomic E-state index is 0.781. The Bertz CT molecular complexity index is 373. The third-order valence-corrected chi connectivity index (χ3v) is 4.21. The minimum atomic E-state index is 0.781. The molecule has 4 atom stereocenters. The molecule has 1 fully saturated rings. The predicted molar refractivity (Wildman–Crippen MR) is 75.8 cm³/mol.